The molecule has 0 saturated carbocycles. The predicted molar refractivity (Wildman–Crippen MR) is 66.4 cm³/mol. The van der Waals surface area contributed by atoms with E-state index >= 15 is 0 Å². The minimum absolute atomic E-state index is 0.222. The SMILES string of the molecule is NNc1ncc(F)c(NC2CCN3CCCC23)n1. The van der Waals surface area contributed by atoms with Gasteiger partial charge in [-0.15, -0.1) is 0 Å². The molecule has 98 valence electrons. The topological polar surface area (TPSA) is 79.1 Å². The molecule has 1 aromatic heterocycles. The van der Waals surface area contributed by atoms with Crippen molar-refractivity contribution < 1.29 is 4.39 Å². The third kappa shape index (κ3) is 1.99. The zero-order valence-electron chi connectivity index (χ0n) is 10.1. The Morgan fingerprint density at radius 3 is 3.11 bits per heavy atom. The number of nitrogens with two attached hydrogens (primary N) is 1. The lowest BCUT2D eigenvalue weighted by molar-refractivity contribution is 0.318. The Bertz CT molecular complexity index is 440. The van der Waals surface area contributed by atoms with Crippen LogP contribution < -0.4 is 16.6 Å². The Morgan fingerprint density at radius 2 is 2.28 bits per heavy atom. The summed E-state index contributed by atoms with van der Waals surface area (Å²) in [6.07, 6.45) is 4.56. The van der Waals surface area contributed by atoms with Gasteiger partial charge in [0, 0.05) is 18.6 Å². The van der Waals surface area contributed by atoms with E-state index in [1.165, 1.54) is 12.8 Å². The summed E-state index contributed by atoms with van der Waals surface area (Å²) in [5.41, 5.74) is 2.33. The summed E-state index contributed by atoms with van der Waals surface area (Å²) in [5, 5.41) is 3.19. The molecule has 2 saturated heterocycles. The summed E-state index contributed by atoms with van der Waals surface area (Å²) < 4.78 is 13.6. The van der Waals surface area contributed by atoms with Crippen molar-refractivity contribution in [1.82, 2.24) is 14.9 Å². The molecule has 2 atom stereocenters. The normalized spacial score (nSPS) is 27.2. The quantitative estimate of drug-likeness (QED) is 0.538. The minimum Gasteiger partial charge on any atom is -0.363 e. The maximum absolute atomic E-state index is 13.6. The van der Waals surface area contributed by atoms with E-state index in [-0.39, 0.29) is 17.8 Å². The van der Waals surface area contributed by atoms with Gasteiger partial charge in [-0.05, 0) is 25.8 Å². The number of rotatable bonds is 3. The summed E-state index contributed by atoms with van der Waals surface area (Å²) in [7, 11) is 0. The Hall–Kier alpha value is -1.47. The largest absolute Gasteiger partial charge is 0.363 e. The van der Waals surface area contributed by atoms with Crippen molar-refractivity contribution in [1.29, 1.82) is 0 Å². The second-order valence-corrected chi connectivity index (χ2v) is 4.82. The highest BCUT2D eigenvalue weighted by molar-refractivity contribution is 5.42. The molecule has 1 aromatic rings. The smallest absolute Gasteiger partial charge is 0.239 e. The Morgan fingerprint density at radius 1 is 1.39 bits per heavy atom. The fourth-order valence-corrected chi connectivity index (χ4v) is 2.96. The monoisotopic (exact) mass is 252 g/mol. The molecule has 3 heterocycles. The van der Waals surface area contributed by atoms with Crippen LogP contribution in [0.2, 0.25) is 0 Å². The van der Waals surface area contributed by atoms with E-state index in [1.807, 2.05) is 0 Å². The van der Waals surface area contributed by atoms with Crippen LogP contribution in [0.5, 0.6) is 0 Å². The third-order valence-corrected chi connectivity index (χ3v) is 3.80. The van der Waals surface area contributed by atoms with Gasteiger partial charge in [0.1, 0.15) is 0 Å². The number of halogens is 1. The Labute approximate surface area is 105 Å². The number of nitrogens with zero attached hydrogens (tertiary/aromatic N) is 3. The second-order valence-electron chi connectivity index (χ2n) is 4.82. The maximum Gasteiger partial charge on any atom is 0.239 e. The van der Waals surface area contributed by atoms with Gasteiger partial charge in [-0.1, -0.05) is 0 Å². The van der Waals surface area contributed by atoms with Crippen LogP contribution in [-0.2, 0) is 0 Å². The molecule has 0 bridgehead atoms. The average molecular weight is 252 g/mol. The van der Waals surface area contributed by atoms with Gasteiger partial charge in [-0.3, -0.25) is 10.3 Å². The van der Waals surface area contributed by atoms with E-state index in [9.17, 15) is 4.39 Å². The van der Waals surface area contributed by atoms with E-state index < -0.39 is 5.82 Å². The Balaban J connectivity index is 1.76. The standard InChI is InChI=1S/C11H17FN6/c12-7-6-14-11(17-13)16-10(7)15-8-3-5-18-4-1-2-9(8)18/h6,8-9H,1-5,13H2,(H2,14,15,16,17). The van der Waals surface area contributed by atoms with Gasteiger partial charge in [0.05, 0.1) is 6.20 Å². The summed E-state index contributed by atoms with van der Waals surface area (Å²) in [4.78, 5) is 10.2. The van der Waals surface area contributed by atoms with Crippen molar-refractivity contribution in [2.24, 2.45) is 5.84 Å². The number of nitrogen functional groups attached to an aromatic ring is 1. The first-order chi connectivity index (χ1) is 8.78. The van der Waals surface area contributed by atoms with Crippen LogP contribution in [0.15, 0.2) is 6.20 Å². The second kappa shape index (κ2) is 4.66. The molecule has 0 spiro atoms. The van der Waals surface area contributed by atoms with E-state index in [0.717, 1.165) is 25.7 Å². The van der Waals surface area contributed by atoms with E-state index in [0.29, 0.717) is 6.04 Å². The zero-order valence-corrected chi connectivity index (χ0v) is 10.1. The molecule has 18 heavy (non-hydrogen) atoms. The summed E-state index contributed by atoms with van der Waals surface area (Å²) >= 11 is 0. The predicted octanol–water partition coefficient (Wildman–Crippen LogP) is 0.550. The average Bonchev–Trinajstić information content (AvgIpc) is 2.96. The van der Waals surface area contributed by atoms with Crippen LogP contribution in [-0.4, -0.2) is 40.0 Å². The molecule has 0 aliphatic carbocycles. The van der Waals surface area contributed by atoms with Gasteiger partial charge in [0.15, 0.2) is 11.6 Å². The first-order valence-electron chi connectivity index (χ1n) is 6.27. The number of fused-ring (bicyclic) bond motifs is 1. The molecule has 7 heteroatoms. The number of hydrogen-bond donors (Lipinski definition) is 3. The summed E-state index contributed by atoms with van der Waals surface area (Å²) in [6, 6.07) is 0.774. The lowest BCUT2D eigenvalue weighted by atomic mass is 10.1. The number of aromatic nitrogens is 2. The van der Waals surface area contributed by atoms with Crippen LogP contribution in [0.25, 0.3) is 0 Å². The molecule has 4 N–H and O–H groups in total. The maximum atomic E-state index is 13.6. The summed E-state index contributed by atoms with van der Waals surface area (Å²) in [6.45, 7) is 2.24. The molecule has 2 aliphatic heterocycles. The highest BCUT2D eigenvalue weighted by atomic mass is 19.1. The van der Waals surface area contributed by atoms with Crippen molar-refractivity contribution in [3.63, 3.8) is 0 Å². The van der Waals surface area contributed by atoms with Gasteiger partial charge in [-0.2, -0.15) is 4.98 Å². The highest BCUT2D eigenvalue weighted by Gasteiger charge is 2.37. The number of hydrazine groups is 1. The van der Waals surface area contributed by atoms with Crippen LogP contribution in [0.4, 0.5) is 16.2 Å². The number of hydrogen-bond acceptors (Lipinski definition) is 6. The molecular formula is C11H17FN6. The van der Waals surface area contributed by atoms with Crippen molar-refractivity contribution in [3.05, 3.63) is 12.0 Å². The van der Waals surface area contributed by atoms with E-state index in [2.05, 4.69) is 25.6 Å². The van der Waals surface area contributed by atoms with Crippen LogP contribution in [0.1, 0.15) is 19.3 Å². The first-order valence-corrected chi connectivity index (χ1v) is 6.27. The number of anilines is 2. The molecule has 0 radical (unpaired) electrons. The molecule has 0 amide bonds. The molecule has 2 unspecified atom stereocenters. The van der Waals surface area contributed by atoms with Gasteiger partial charge >= 0.3 is 0 Å². The van der Waals surface area contributed by atoms with Crippen molar-refractivity contribution in [3.8, 4) is 0 Å². The fraction of sp³-hybridized carbons (Fsp3) is 0.636. The van der Waals surface area contributed by atoms with Crippen LogP contribution >= 0.6 is 0 Å². The van der Waals surface area contributed by atoms with Gasteiger partial charge in [0.25, 0.3) is 0 Å². The zero-order chi connectivity index (χ0) is 12.5. The minimum atomic E-state index is -0.439. The van der Waals surface area contributed by atoms with Crippen molar-refractivity contribution >= 4 is 11.8 Å². The molecule has 2 aliphatic rings. The van der Waals surface area contributed by atoms with Gasteiger partial charge in [0.2, 0.25) is 5.95 Å². The molecule has 3 rings (SSSR count). The molecule has 6 nitrogen and oxygen atoms in total. The molecule has 0 aromatic carbocycles. The van der Waals surface area contributed by atoms with E-state index in [4.69, 9.17) is 5.84 Å². The van der Waals surface area contributed by atoms with Crippen LogP contribution in [0.3, 0.4) is 0 Å². The van der Waals surface area contributed by atoms with E-state index in [1.54, 1.807) is 0 Å². The fourth-order valence-electron chi connectivity index (χ4n) is 2.96. The lowest BCUT2D eigenvalue weighted by Crippen LogP contribution is -2.34. The van der Waals surface area contributed by atoms with Crippen molar-refractivity contribution in [2.45, 2.75) is 31.3 Å². The van der Waals surface area contributed by atoms with Crippen molar-refractivity contribution in [2.75, 3.05) is 23.8 Å². The van der Waals surface area contributed by atoms with Gasteiger partial charge in [-0.25, -0.2) is 15.2 Å². The van der Waals surface area contributed by atoms with Gasteiger partial charge < -0.3 is 5.32 Å². The Kier molecular flexibility index (Phi) is 3.00. The summed E-state index contributed by atoms with van der Waals surface area (Å²) in [5.74, 6) is 5.25. The number of nitrogens with one attached hydrogen (secondary N) is 2. The highest BCUT2D eigenvalue weighted by Crippen LogP contribution is 2.30. The lowest BCUT2D eigenvalue weighted by Gasteiger charge is -2.21. The molecule has 2 fully saturated rings. The molecular weight excluding hydrogens is 235 g/mol. The first kappa shape index (κ1) is 11.6. The third-order valence-electron chi connectivity index (χ3n) is 3.80. The van der Waals surface area contributed by atoms with Crippen LogP contribution in [0, 0.1) is 5.82 Å².